The predicted molar refractivity (Wildman–Crippen MR) is 99.0 cm³/mol. The third kappa shape index (κ3) is 4.47. The molecule has 2 N–H and O–H groups in total. The van der Waals surface area contributed by atoms with E-state index in [1.165, 1.54) is 5.56 Å². The Balaban J connectivity index is 1.47. The first kappa shape index (κ1) is 17.6. The van der Waals surface area contributed by atoms with Gasteiger partial charge in [-0.05, 0) is 36.5 Å². The van der Waals surface area contributed by atoms with Crippen molar-refractivity contribution >= 4 is 5.91 Å². The van der Waals surface area contributed by atoms with Gasteiger partial charge in [0, 0.05) is 19.6 Å². The molecule has 132 valence electrons. The Morgan fingerprint density at radius 3 is 2.40 bits per heavy atom. The zero-order valence-electron chi connectivity index (χ0n) is 14.7. The molecule has 0 aromatic heterocycles. The predicted octanol–water partition coefficient (Wildman–Crippen LogP) is 2.59. The third-order valence-corrected chi connectivity index (χ3v) is 5.10. The van der Waals surface area contributed by atoms with Gasteiger partial charge in [-0.1, -0.05) is 54.6 Å². The van der Waals surface area contributed by atoms with Crippen molar-refractivity contribution in [2.75, 3.05) is 19.6 Å². The van der Waals surface area contributed by atoms with Crippen LogP contribution in [0, 0.1) is 6.92 Å². The highest BCUT2D eigenvalue weighted by Crippen LogP contribution is 2.32. The highest BCUT2D eigenvalue weighted by atomic mass is 16.3. The van der Waals surface area contributed by atoms with Gasteiger partial charge in [0.2, 0.25) is 5.91 Å². The third-order valence-electron chi connectivity index (χ3n) is 5.10. The number of aliphatic hydroxyl groups is 1. The van der Waals surface area contributed by atoms with Crippen molar-refractivity contribution in [3.8, 4) is 0 Å². The minimum absolute atomic E-state index is 0.0356. The molecular formula is C21H26N2O2. The summed E-state index contributed by atoms with van der Waals surface area (Å²) in [6.07, 6.45) is 1.31. The molecule has 0 saturated carbocycles. The molecule has 1 saturated heterocycles. The average Bonchev–Trinajstić information content (AvgIpc) is 2.64. The van der Waals surface area contributed by atoms with E-state index in [2.05, 4.69) is 23.2 Å². The first-order chi connectivity index (χ1) is 12.1. The maximum atomic E-state index is 12.2. The molecule has 2 aromatic carbocycles. The number of carbonyl (C=O) groups is 1. The number of hydrogen-bond donors (Lipinski definition) is 2. The van der Waals surface area contributed by atoms with Gasteiger partial charge in [-0.2, -0.15) is 0 Å². The molecular weight excluding hydrogens is 312 g/mol. The molecule has 1 aliphatic heterocycles. The maximum absolute atomic E-state index is 12.2. The van der Waals surface area contributed by atoms with E-state index in [1.54, 1.807) is 0 Å². The largest absolute Gasteiger partial charge is 0.385 e. The van der Waals surface area contributed by atoms with Crippen LogP contribution < -0.4 is 5.32 Å². The number of nitrogens with one attached hydrogen (secondary N) is 1. The van der Waals surface area contributed by atoms with E-state index in [-0.39, 0.29) is 5.91 Å². The van der Waals surface area contributed by atoms with E-state index in [0.29, 0.717) is 25.9 Å². The lowest BCUT2D eigenvalue weighted by atomic mass is 9.84. The van der Waals surface area contributed by atoms with Gasteiger partial charge in [-0.3, -0.25) is 9.69 Å². The van der Waals surface area contributed by atoms with Crippen LogP contribution in [0.4, 0.5) is 0 Å². The molecule has 1 aliphatic rings. The van der Waals surface area contributed by atoms with Crippen molar-refractivity contribution in [3.05, 3.63) is 71.3 Å². The van der Waals surface area contributed by atoms with Crippen molar-refractivity contribution in [2.45, 2.75) is 31.9 Å². The van der Waals surface area contributed by atoms with Gasteiger partial charge >= 0.3 is 0 Å². The van der Waals surface area contributed by atoms with Gasteiger partial charge in [0.15, 0.2) is 0 Å². The molecule has 25 heavy (non-hydrogen) atoms. The number of aryl methyl sites for hydroxylation is 1. The summed E-state index contributed by atoms with van der Waals surface area (Å²) in [7, 11) is 0. The SMILES string of the molecule is Cc1ccccc1CNC(=O)CN1CCC(O)(c2ccccc2)CC1. The summed E-state index contributed by atoms with van der Waals surface area (Å²) in [5.41, 5.74) is 2.54. The Hall–Kier alpha value is -2.17. The summed E-state index contributed by atoms with van der Waals surface area (Å²) in [5.74, 6) is 0.0356. The van der Waals surface area contributed by atoms with Crippen LogP contribution in [0.3, 0.4) is 0 Å². The van der Waals surface area contributed by atoms with E-state index in [1.807, 2.05) is 48.5 Å². The van der Waals surface area contributed by atoms with Gasteiger partial charge in [0.1, 0.15) is 0 Å². The Morgan fingerprint density at radius 2 is 1.72 bits per heavy atom. The number of rotatable bonds is 5. The van der Waals surface area contributed by atoms with E-state index in [9.17, 15) is 9.90 Å². The van der Waals surface area contributed by atoms with E-state index < -0.39 is 5.60 Å². The van der Waals surface area contributed by atoms with Crippen LogP contribution in [-0.2, 0) is 16.9 Å². The Labute approximate surface area is 149 Å². The minimum Gasteiger partial charge on any atom is -0.385 e. The molecule has 2 aromatic rings. The normalized spacial score (nSPS) is 17.2. The zero-order chi connectivity index (χ0) is 17.7. The van der Waals surface area contributed by atoms with Gasteiger partial charge in [0.05, 0.1) is 12.1 Å². The molecule has 0 spiro atoms. The number of carbonyl (C=O) groups excluding carboxylic acids is 1. The molecule has 1 amide bonds. The second-order valence-corrected chi connectivity index (χ2v) is 6.88. The van der Waals surface area contributed by atoms with E-state index >= 15 is 0 Å². The first-order valence-corrected chi connectivity index (χ1v) is 8.88. The lowest BCUT2D eigenvalue weighted by Crippen LogP contribution is -2.46. The van der Waals surface area contributed by atoms with Crippen molar-refractivity contribution < 1.29 is 9.90 Å². The zero-order valence-corrected chi connectivity index (χ0v) is 14.7. The Morgan fingerprint density at radius 1 is 1.08 bits per heavy atom. The van der Waals surface area contributed by atoms with Crippen LogP contribution in [0.2, 0.25) is 0 Å². The molecule has 0 atom stereocenters. The Kier molecular flexibility index (Phi) is 5.51. The van der Waals surface area contributed by atoms with Crippen molar-refractivity contribution in [1.29, 1.82) is 0 Å². The molecule has 1 heterocycles. The summed E-state index contributed by atoms with van der Waals surface area (Å²) in [5, 5.41) is 13.8. The number of likely N-dealkylation sites (tertiary alicyclic amines) is 1. The lowest BCUT2D eigenvalue weighted by molar-refractivity contribution is -0.123. The second-order valence-electron chi connectivity index (χ2n) is 6.88. The highest BCUT2D eigenvalue weighted by molar-refractivity contribution is 5.78. The highest BCUT2D eigenvalue weighted by Gasteiger charge is 2.34. The second kappa shape index (κ2) is 7.81. The standard InChI is InChI=1S/C21H26N2O2/c1-17-7-5-6-8-18(17)15-22-20(24)16-23-13-11-21(25,12-14-23)19-9-3-2-4-10-19/h2-10,25H,11-16H2,1H3,(H,22,24). The van der Waals surface area contributed by atoms with Gasteiger partial charge in [-0.15, -0.1) is 0 Å². The summed E-state index contributed by atoms with van der Waals surface area (Å²) >= 11 is 0. The van der Waals surface area contributed by atoms with Crippen LogP contribution in [0.25, 0.3) is 0 Å². The fourth-order valence-electron chi connectivity index (χ4n) is 3.38. The number of piperidine rings is 1. The summed E-state index contributed by atoms with van der Waals surface area (Å²) in [6.45, 7) is 4.45. The molecule has 3 rings (SSSR count). The monoisotopic (exact) mass is 338 g/mol. The van der Waals surface area contributed by atoms with E-state index in [0.717, 1.165) is 24.2 Å². The molecule has 4 heteroatoms. The average molecular weight is 338 g/mol. The summed E-state index contributed by atoms with van der Waals surface area (Å²) in [6, 6.07) is 17.9. The topological polar surface area (TPSA) is 52.6 Å². The summed E-state index contributed by atoms with van der Waals surface area (Å²) in [4.78, 5) is 14.3. The van der Waals surface area contributed by atoms with E-state index in [4.69, 9.17) is 0 Å². The molecule has 0 radical (unpaired) electrons. The van der Waals surface area contributed by atoms with Crippen LogP contribution in [-0.4, -0.2) is 35.5 Å². The molecule has 0 bridgehead atoms. The van der Waals surface area contributed by atoms with Gasteiger partial charge in [-0.25, -0.2) is 0 Å². The van der Waals surface area contributed by atoms with Crippen molar-refractivity contribution in [2.24, 2.45) is 0 Å². The molecule has 0 aliphatic carbocycles. The minimum atomic E-state index is -0.768. The molecule has 1 fully saturated rings. The smallest absolute Gasteiger partial charge is 0.234 e. The fourth-order valence-corrected chi connectivity index (χ4v) is 3.38. The number of amides is 1. The Bertz CT molecular complexity index is 707. The summed E-state index contributed by atoms with van der Waals surface area (Å²) < 4.78 is 0. The van der Waals surface area contributed by atoms with Gasteiger partial charge in [0.25, 0.3) is 0 Å². The van der Waals surface area contributed by atoms with Crippen LogP contribution in [0.15, 0.2) is 54.6 Å². The number of benzene rings is 2. The number of nitrogens with zero attached hydrogens (tertiary/aromatic N) is 1. The fraction of sp³-hybridized carbons (Fsp3) is 0.381. The molecule has 0 unspecified atom stereocenters. The van der Waals surface area contributed by atoms with Crippen LogP contribution in [0.1, 0.15) is 29.5 Å². The number of hydrogen-bond acceptors (Lipinski definition) is 3. The van der Waals surface area contributed by atoms with Crippen molar-refractivity contribution in [3.63, 3.8) is 0 Å². The first-order valence-electron chi connectivity index (χ1n) is 8.88. The van der Waals surface area contributed by atoms with Crippen LogP contribution >= 0.6 is 0 Å². The van der Waals surface area contributed by atoms with Crippen molar-refractivity contribution in [1.82, 2.24) is 10.2 Å². The maximum Gasteiger partial charge on any atom is 0.234 e. The lowest BCUT2D eigenvalue weighted by Gasteiger charge is -2.38. The quantitative estimate of drug-likeness (QED) is 0.881. The molecule has 4 nitrogen and oxygen atoms in total. The van der Waals surface area contributed by atoms with Gasteiger partial charge < -0.3 is 10.4 Å². The van der Waals surface area contributed by atoms with Crippen LogP contribution in [0.5, 0.6) is 0 Å².